The molecule has 26 heavy (non-hydrogen) atoms. The van der Waals surface area contributed by atoms with Gasteiger partial charge < -0.3 is 10.2 Å². The van der Waals surface area contributed by atoms with Gasteiger partial charge in [-0.3, -0.25) is 5.43 Å². The third-order valence-electron chi connectivity index (χ3n) is 4.71. The van der Waals surface area contributed by atoms with Gasteiger partial charge in [0, 0.05) is 24.5 Å². The summed E-state index contributed by atoms with van der Waals surface area (Å²) >= 11 is 5.33. The van der Waals surface area contributed by atoms with Crippen molar-refractivity contribution in [2.75, 3.05) is 23.3 Å². The second kappa shape index (κ2) is 8.32. The number of anilines is 2. The van der Waals surface area contributed by atoms with Crippen LogP contribution in [0.25, 0.3) is 0 Å². The van der Waals surface area contributed by atoms with Crippen LogP contribution in [0.5, 0.6) is 0 Å². The molecule has 4 nitrogen and oxygen atoms in total. The molecule has 0 bridgehead atoms. The van der Waals surface area contributed by atoms with Gasteiger partial charge >= 0.3 is 0 Å². The standard InChI is InChI=1S/C21H26N4S/c1-4-25-11-5-6-18-13-17(8-10-20(18)25)14-22-24-21(26)23-19-9-7-15(2)12-16(19)3/h7-10,12-14H,4-6,11H2,1-3H3,(H2,23,24,26). The molecule has 1 aliphatic rings. The molecule has 0 atom stereocenters. The quantitative estimate of drug-likeness (QED) is 0.478. The average Bonchev–Trinajstić information content (AvgIpc) is 2.63. The molecule has 0 saturated heterocycles. The Bertz CT molecular complexity index is 829. The molecule has 0 radical (unpaired) electrons. The second-order valence-electron chi connectivity index (χ2n) is 6.71. The van der Waals surface area contributed by atoms with Crippen molar-refractivity contribution < 1.29 is 0 Å². The van der Waals surface area contributed by atoms with Crippen molar-refractivity contribution in [3.63, 3.8) is 0 Å². The zero-order chi connectivity index (χ0) is 18.5. The zero-order valence-electron chi connectivity index (χ0n) is 15.7. The van der Waals surface area contributed by atoms with Gasteiger partial charge in [-0.15, -0.1) is 0 Å². The fourth-order valence-corrected chi connectivity index (χ4v) is 3.54. The van der Waals surface area contributed by atoms with E-state index in [2.05, 4.69) is 71.8 Å². The first-order valence-electron chi connectivity index (χ1n) is 9.12. The summed E-state index contributed by atoms with van der Waals surface area (Å²) in [5.74, 6) is 0. The summed E-state index contributed by atoms with van der Waals surface area (Å²) in [6.07, 6.45) is 4.17. The Morgan fingerprint density at radius 2 is 2.08 bits per heavy atom. The third-order valence-corrected chi connectivity index (χ3v) is 4.90. The minimum absolute atomic E-state index is 0.489. The number of thiocarbonyl (C=S) groups is 1. The minimum Gasteiger partial charge on any atom is -0.372 e. The van der Waals surface area contributed by atoms with Gasteiger partial charge in [-0.1, -0.05) is 23.8 Å². The predicted molar refractivity (Wildman–Crippen MR) is 116 cm³/mol. The number of fused-ring (bicyclic) bond motifs is 1. The molecular formula is C21H26N4S. The second-order valence-corrected chi connectivity index (χ2v) is 7.12. The molecule has 3 rings (SSSR count). The topological polar surface area (TPSA) is 39.7 Å². The van der Waals surface area contributed by atoms with Crippen molar-refractivity contribution in [3.8, 4) is 0 Å². The molecule has 0 spiro atoms. The van der Waals surface area contributed by atoms with Crippen LogP contribution in [0.1, 0.15) is 35.6 Å². The van der Waals surface area contributed by atoms with Crippen LogP contribution in [-0.2, 0) is 6.42 Å². The van der Waals surface area contributed by atoms with Gasteiger partial charge in [-0.2, -0.15) is 5.10 Å². The summed E-state index contributed by atoms with van der Waals surface area (Å²) in [7, 11) is 0. The lowest BCUT2D eigenvalue weighted by atomic mass is 9.99. The van der Waals surface area contributed by atoms with Gasteiger partial charge in [0.1, 0.15) is 0 Å². The van der Waals surface area contributed by atoms with Crippen molar-refractivity contribution in [2.24, 2.45) is 5.10 Å². The zero-order valence-corrected chi connectivity index (χ0v) is 16.5. The molecule has 0 aliphatic carbocycles. The van der Waals surface area contributed by atoms with E-state index in [1.807, 2.05) is 12.3 Å². The SMILES string of the molecule is CCN1CCCc2cc(C=NNC(=S)Nc3ccc(C)cc3C)ccc21. The fourth-order valence-electron chi connectivity index (χ4n) is 3.37. The van der Waals surface area contributed by atoms with Crippen molar-refractivity contribution in [2.45, 2.75) is 33.6 Å². The van der Waals surface area contributed by atoms with Crippen LogP contribution >= 0.6 is 12.2 Å². The fraction of sp³-hybridized carbons (Fsp3) is 0.333. The molecule has 2 N–H and O–H groups in total. The van der Waals surface area contributed by atoms with Crippen molar-refractivity contribution in [1.82, 2.24) is 5.43 Å². The van der Waals surface area contributed by atoms with Crippen LogP contribution < -0.4 is 15.6 Å². The number of rotatable bonds is 4. The highest BCUT2D eigenvalue weighted by Gasteiger charge is 2.15. The summed E-state index contributed by atoms with van der Waals surface area (Å²) in [6.45, 7) is 8.55. The van der Waals surface area contributed by atoms with Crippen molar-refractivity contribution in [3.05, 3.63) is 58.7 Å². The maximum absolute atomic E-state index is 5.33. The van der Waals surface area contributed by atoms with Gasteiger partial charge in [-0.25, -0.2) is 0 Å². The van der Waals surface area contributed by atoms with E-state index in [0.717, 1.165) is 36.3 Å². The molecule has 0 unspecified atom stereocenters. The maximum Gasteiger partial charge on any atom is 0.191 e. The molecule has 1 heterocycles. The first-order valence-corrected chi connectivity index (χ1v) is 9.53. The number of hydrogen-bond donors (Lipinski definition) is 2. The lowest BCUT2D eigenvalue weighted by Crippen LogP contribution is -2.28. The summed E-state index contributed by atoms with van der Waals surface area (Å²) in [6, 6.07) is 12.8. The Balaban J connectivity index is 1.61. The number of benzene rings is 2. The Kier molecular flexibility index (Phi) is 5.89. The van der Waals surface area contributed by atoms with Gasteiger partial charge in [0.15, 0.2) is 5.11 Å². The lowest BCUT2D eigenvalue weighted by molar-refractivity contribution is 0.708. The maximum atomic E-state index is 5.33. The number of hydrogen-bond acceptors (Lipinski definition) is 3. The van der Waals surface area contributed by atoms with E-state index < -0.39 is 0 Å². The first kappa shape index (κ1) is 18.4. The number of aryl methyl sites for hydroxylation is 3. The van der Waals surface area contributed by atoms with E-state index >= 15 is 0 Å². The largest absolute Gasteiger partial charge is 0.372 e. The highest BCUT2D eigenvalue weighted by atomic mass is 32.1. The summed E-state index contributed by atoms with van der Waals surface area (Å²) in [5.41, 5.74) is 10.1. The van der Waals surface area contributed by atoms with Crippen molar-refractivity contribution in [1.29, 1.82) is 0 Å². The molecule has 2 aromatic rings. The summed E-state index contributed by atoms with van der Waals surface area (Å²) < 4.78 is 0. The van der Waals surface area contributed by atoms with Crippen LogP contribution in [0, 0.1) is 13.8 Å². The van der Waals surface area contributed by atoms with Crippen LogP contribution in [0.2, 0.25) is 0 Å². The molecule has 5 heteroatoms. The molecular weight excluding hydrogens is 340 g/mol. The molecule has 0 fully saturated rings. The van der Waals surface area contributed by atoms with E-state index in [9.17, 15) is 0 Å². The third kappa shape index (κ3) is 4.41. The van der Waals surface area contributed by atoms with Crippen molar-refractivity contribution >= 4 is 34.9 Å². The molecule has 0 saturated carbocycles. The van der Waals surface area contributed by atoms with Crippen LogP contribution in [0.15, 0.2) is 41.5 Å². The Labute approximate surface area is 161 Å². The van der Waals surface area contributed by atoms with E-state index in [1.54, 1.807) is 0 Å². The molecule has 0 aromatic heterocycles. The van der Waals surface area contributed by atoms with Gasteiger partial charge in [0.05, 0.1) is 6.21 Å². The lowest BCUT2D eigenvalue weighted by Gasteiger charge is -2.30. The minimum atomic E-state index is 0.489. The molecule has 0 amide bonds. The normalized spacial score (nSPS) is 13.6. The summed E-state index contributed by atoms with van der Waals surface area (Å²) in [4.78, 5) is 2.43. The van der Waals surface area contributed by atoms with Crippen LogP contribution in [0.4, 0.5) is 11.4 Å². The Morgan fingerprint density at radius 3 is 2.85 bits per heavy atom. The Morgan fingerprint density at radius 1 is 1.23 bits per heavy atom. The number of nitrogens with zero attached hydrogens (tertiary/aromatic N) is 2. The summed E-state index contributed by atoms with van der Waals surface area (Å²) in [5, 5.41) is 7.96. The molecule has 1 aliphatic heterocycles. The van der Waals surface area contributed by atoms with Crippen LogP contribution in [-0.4, -0.2) is 24.4 Å². The first-order chi connectivity index (χ1) is 12.6. The molecule has 2 aromatic carbocycles. The van der Waals surface area contributed by atoms with Crippen LogP contribution in [0.3, 0.4) is 0 Å². The monoisotopic (exact) mass is 366 g/mol. The average molecular weight is 367 g/mol. The smallest absolute Gasteiger partial charge is 0.191 e. The van der Waals surface area contributed by atoms with Gasteiger partial charge in [0.25, 0.3) is 0 Å². The van der Waals surface area contributed by atoms with E-state index in [-0.39, 0.29) is 0 Å². The van der Waals surface area contributed by atoms with Gasteiger partial charge in [0.2, 0.25) is 0 Å². The molecule has 136 valence electrons. The number of hydrazone groups is 1. The highest BCUT2D eigenvalue weighted by molar-refractivity contribution is 7.80. The van der Waals surface area contributed by atoms with Gasteiger partial charge in [-0.05, 0) is 80.7 Å². The van der Waals surface area contributed by atoms with E-state index in [0.29, 0.717) is 5.11 Å². The predicted octanol–water partition coefficient (Wildman–Crippen LogP) is 4.40. The highest BCUT2D eigenvalue weighted by Crippen LogP contribution is 2.27. The van der Waals surface area contributed by atoms with E-state index in [1.165, 1.54) is 23.2 Å². The van der Waals surface area contributed by atoms with E-state index in [4.69, 9.17) is 12.2 Å². The Hall–Kier alpha value is -2.40. The number of nitrogens with one attached hydrogen (secondary N) is 2.